The second kappa shape index (κ2) is 6.37. The Morgan fingerprint density at radius 3 is 2.48 bits per heavy atom. The molecule has 2 aromatic carbocycles. The molecule has 110 valence electrons. The molecule has 2 rings (SSSR count). The lowest BCUT2D eigenvalue weighted by Gasteiger charge is -2.22. The van der Waals surface area contributed by atoms with Crippen LogP contribution in [0.1, 0.15) is 5.56 Å². The summed E-state index contributed by atoms with van der Waals surface area (Å²) in [5.41, 5.74) is 6.93. The Morgan fingerprint density at radius 2 is 1.86 bits per heavy atom. The minimum absolute atomic E-state index is 0.155. The van der Waals surface area contributed by atoms with E-state index >= 15 is 0 Å². The summed E-state index contributed by atoms with van der Waals surface area (Å²) in [5.74, 6) is -0.680. The lowest BCUT2D eigenvalue weighted by atomic mass is 10.1. The number of phenolic OH excluding ortho intramolecular Hbond substituents is 1. The van der Waals surface area contributed by atoms with E-state index in [-0.39, 0.29) is 17.3 Å². The predicted molar refractivity (Wildman–Crippen MR) is 79.6 cm³/mol. The second-order valence-electron chi connectivity index (χ2n) is 4.83. The predicted octanol–water partition coefficient (Wildman–Crippen LogP) is 2.06. The summed E-state index contributed by atoms with van der Waals surface area (Å²) < 4.78 is 13.7. The van der Waals surface area contributed by atoms with Gasteiger partial charge in [-0.1, -0.05) is 24.3 Å². The third-order valence-electron chi connectivity index (χ3n) is 3.25. The van der Waals surface area contributed by atoms with E-state index < -0.39 is 11.9 Å². The number of anilines is 1. The van der Waals surface area contributed by atoms with Crippen molar-refractivity contribution in [3.63, 3.8) is 0 Å². The van der Waals surface area contributed by atoms with Crippen LogP contribution >= 0.6 is 0 Å². The monoisotopic (exact) mass is 288 g/mol. The van der Waals surface area contributed by atoms with Crippen LogP contribution in [0.25, 0.3) is 0 Å². The fourth-order valence-electron chi connectivity index (χ4n) is 2.06. The maximum Gasteiger partial charge on any atom is 0.244 e. The number of carbonyl (C=O) groups is 1. The van der Waals surface area contributed by atoms with Gasteiger partial charge in [-0.05, 0) is 36.2 Å². The third kappa shape index (κ3) is 3.58. The van der Waals surface area contributed by atoms with E-state index in [9.17, 15) is 14.3 Å². The minimum atomic E-state index is -0.779. The molecule has 0 radical (unpaired) electrons. The topological polar surface area (TPSA) is 66.6 Å². The molecule has 0 spiro atoms. The second-order valence-corrected chi connectivity index (χ2v) is 4.83. The van der Waals surface area contributed by atoms with Gasteiger partial charge < -0.3 is 15.7 Å². The zero-order valence-corrected chi connectivity index (χ0v) is 11.7. The van der Waals surface area contributed by atoms with Crippen molar-refractivity contribution in [2.45, 2.75) is 12.5 Å². The number of hydrogen-bond donors (Lipinski definition) is 2. The summed E-state index contributed by atoms with van der Waals surface area (Å²) >= 11 is 0. The average molecular weight is 288 g/mol. The van der Waals surface area contributed by atoms with E-state index in [0.29, 0.717) is 6.42 Å². The first kappa shape index (κ1) is 15.0. The molecule has 2 aromatic rings. The molecule has 4 nitrogen and oxygen atoms in total. The van der Waals surface area contributed by atoms with Crippen molar-refractivity contribution in [3.05, 3.63) is 59.9 Å². The molecule has 3 N–H and O–H groups in total. The lowest BCUT2D eigenvalue weighted by molar-refractivity contribution is -0.119. The van der Waals surface area contributed by atoms with Crippen LogP contribution in [0.15, 0.2) is 48.5 Å². The molecule has 1 unspecified atom stereocenters. The van der Waals surface area contributed by atoms with Gasteiger partial charge in [-0.25, -0.2) is 4.39 Å². The highest BCUT2D eigenvalue weighted by atomic mass is 19.1. The molecule has 0 aliphatic carbocycles. The van der Waals surface area contributed by atoms with Crippen molar-refractivity contribution in [1.29, 1.82) is 0 Å². The number of phenols is 1. The van der Waals surface area contributed by atoms with E-state index in [1.807, 2.05) is 0 Å². The van der Waals surface area contributed by atoms with Gasteiger partial charge in [0.25, 0.3) is 0 Å². The van der Waals surface area contributed by atoms with Gasteiger partial charge in [-0.2, -0.15) is 0 Å². The molecule has 21 heavy (non-hydrogen) atoms. The Morgan fingerprint density at radius 1 is 1.24 bits per heavy atom. The van der Waals surface area contributed by atoms with Gasteiger partial charge in [0, 0.05) is 7.05 Å². The van der Waals surface area contributed by atoms with Crippen LogP contribution in [0.4, 0.5) is 10.1 Å². The van der Waals surface area contributed by atoms with E-state index in [1.54, 1.807) is 24.3 Å². The van der Waals surface area contributed by atoms with Crippen molar-refractivity contribution in [3.8, 4) is 5.75 Å². The molecule has 0 heterocycles. The largest absolute Gasteiger partial charge is 0.508 e. The average Bonchev–Trinajstić information content (AvgIpc) is 2.48. The number of likely N-dealkylation sites (N-methyl/N-ethyl adjacent to an activating group) is 1. The molecule has 1 amide bonds. The zero-order chi connectivity index (χ0) is 15.4. The molecule has 0 saturated heterocycles. The highest BCUT2D eigenvalue weighted by molar-refractivity contribution is 5.96. The molecular formula is C16H17FN2O2. The van der Waals surface area contributed by atoms with Crippen molar-refractivity contribution < 1.29 is 14.3 Å². The van der Waals surface area contributed by atoms with Gasteiger partial charge in [0.15, 0.2) is 0 Å². The van der Waals surface area contributed by atoms with Crippen molar-refractivity contribution in [1.82, 2.24) is 0 Å². The smallest absolute Gasteiger partial charge is 0.244 e. The summed E-state index contributed by atoms with van der Waals surface area (Å²) in [7, 11) is 1.50. The lowest BCUT2D eigenvalue weighted by Crippen LogP contribution is -2.43. The van der Waals surface area contributed by atoms with Crippen molar-refractivity contribution in [2.75, 3.05) is 11.9 Å². The molecule has 0 aromatic heterocycles. The van der Waals surface area contributed by atoms with Crippen molar-refractivity contribution in [2.24, 2.45) is 5.73 Å². The summed E-state index contributed by atoms with van der Waals surface area (Å²) in [4.78, 5) is 13.5. The van der Waals surface area contributed by atoms with Gasteiger partial charge in [0.05, 0.1) is 11.7 Å². The van der Waals surface area contributed by atoms with E-state index in [1.165, 1.54) is 36.2 Å². The molecule has 0 fully saturated rings. The number of aromatic hydroxyl groups is 1. The van der Waals surface area contributed by atoms with E-state index in [0.717, 1.165) is 5.56 Å². The van der Waals surface area contributed by atoms with Crippen LogP contribution in [0, 0.1) is 5.82 Å². The number of para-hydroxylation sites is 1. The number of halogens is 1. The SMILES string of the molecule is CN(C(=O)C(N)Cc1ccc(O)cc1)c1ccccc1F. The zero-order valence-electron chi connectivity index (χ0n) is 11.7. The first-order valence-corrected chi connectivity index (χ1v) is 6.54. The fourth-order valence-corrected chi connectivity index (χ4v) is 2.06. The van der Waals surface area contributed by atoms with Crippen molar-refractivity contribution >= 4 is 11.6 Å². The first-order chi connectivity index (χ1) is 9.99. The highest BCUT2D eigenvalue weighted by Gasteiger charge is 2.21. The Labute approximate surface area is 122 Å². The number of nitrogens with two attached hydrogens (primary N) is 1. The van der Waals surface area contributed by atoms with Crippen LogP contribution in [0.2, 0.25) is 0 Å². The molecular weight excluding hydrogens is 271 g/mol. The van der Waals surface area contributed by atoms with Gasteiger partial charge in [-0.3, -0.25) is 4.79 Å². The van der Waals surface area contributed by atoms with Gasteiger partial charge >= 0.3 is 0 Å². The summed E-state index contributed by atoms with van der Waals surface area (Å²) in [6, 6.07) is 11.7. The standard InChI is InChI=1S/C16H17FN2O2/c1-19(15-5-3-2-4-13(15)17)16(21)14(18)10-11-6-8-12(20)9-7-11/h2-9,14,20H,10,18H2,1H3. The summed E-state index contributed by atoms with van der Waals surface area (Å²) in [6.45, 7) is 0. The molecule has 0 aliphatic rings. The molecule has 0 aliphatic heterocycles. The highest BCUT2D eigenvalue weighted by Crippen LogP contribution is 2.18. The Bertz CT molecular complexity index is 628. The Balaban J connectivity index is 2.08. The van der Waals surface area contributed by atoms with Crippen LogP contribution in [0.5, 0.6) is 5.75 Å². The van der Waals surface area contributed by atoms with Crippen LogP contribution in [-0.4, -0.2) is 24.1 Å². The molecule has 5 heteroatoms. The maximum absolute atomic E-state index is 13.7. The van der Waals surface area contributed by atoms with Gasteiger partial charge in [-0.15, -0.1) is 0 Å². The molecule has 0 saturated carbocycles. The number of benzene rings is 2. The number of amides is 1. The van der Waals surface area contributed by atoms with Gasteiger partial charge in [0.1, 0.15) is 11.6 Å². The van der Waals surface area contributed by atoms with Crippen LogP contribution < -0.4 is 10.6 Å². The fraction of sp³-hybridized carbons (Fsp3) is 0.188. The Hall–Kier alpha value is -2.40. The van der Waals surface area contributed by atoms with Crippen LogP contribution in [-0.2, 0) is 11.2 Å². The van der Waals surface area contributed by atoms with E-state index in [2.05, 4.69) is 0 Å². The number of nitrogens with zero attached hydrogens (tertiary/aromatic N) is 1. The molecule has 0 bridgehead atoms. The summed E-state index contributed by atoms with van der Waals surface area (Å²) in [5, 5.41) is 9.22. The number of hydrogen-bond acceptors (Lipinski definition) is 3. The normalized spacial score (nSPS) is 12.0. The first-order valence-electron chi connectivity index (χ1n) is 6.54. The number of carbonyl (C=O) groups excluding carboxylic acids is 1. The van der Waals surface area contributed by atoms with Gasteiger partial charge in [0.2, 0.25) is 5.91 Å². The third-order valence-corrected chi connectivity index (χ3v) is 3.25. The number of rotatable bonds is 4. The quantitative estimate of drug-likeness (QED) is 0.905. The Kier molecular flexibility index (Phi) is 4.55. The molecule has 1 atom stereocenters. The maximum atomic E-state index is 13.7. The minimum Gasteiger partial charge on any atom is -0.508 e. The van der Waals surface area contributed by atoms with E-state index in [4.69, 9.17) is 5.73 Å². The summed E-state index contributed by atoms with van der Waals surface area (Å²) in [6.07, 6.45) is 0.317. The van der Waals surface area contributed by atoms with Crippen LogP contribution in [0.3, 0.4) is 0 Å².